The summed E-state index contributed by atoms with van der Waals surface area (Å²) in [7, 11) is -1.72. The van der Waals surface area contributed by atoms with E-state index in [0.717, 1.165) is 0 Å². The Labute approximate surface area is 188 Å². The zero-order valence-electron chi connectivity index (χ0n) is 17.7. The molecule has 2 aromatic carbocycles. The lowest BCUT2D eigenvalue weighted by Gasteiger charge is -2.31. The van der Waals surface area contributed by atoms with Crippen LogP contribution in [0.5, 0.6) is 0 Å². The summed E-state index contributed by atoms with van der Waals surface area (Å²) in [6, 6.07) is 7.44. The molecule has 1 N–H and O–H groups in total. The molecular weight excluding hydrogens is 472 g/mol. The average Bonchev–Trinajstić information content (AvgIpc) is 2.73. The minimum Gasteiger partial charge on any atom is -0.309 e. The second kappa shape index (κ2) is 9.61. The molecule has 0 aliphatic carbocycles. The van der Waals surface area contributed by atoms with Gasteiger partial charge in [-0.15, -0.1) is 0 Å². The predicted octanol–water partition coefficient (Wildman–Crippen LogP) is 3.95. The van der Waals surface area contributed by atoms with Crippen LogP contribution in [0.2, 0.25) is 0 Å². The molecule has 1 heterocycles. The summed E-state index contributed by atoms with van der Waals surface area (Å²) in [6.45, 7) is 1.94. The molecule has 2 aromatic rings. The molecule has 0 amide bonds. The predicted molar refractivity (Wildman–Crippen MR) is 110 cm³/mol. The Kier molecular flexibility index (Phi) is 7.42. The van der Waals surface area contributed by atoms with Crippen molar-refractivity contribution in [3.05, 3.63) is 64.7 Å². The second-order valence-electron chi connectivity index (χ2n) is 7.87. The number of likely N-dealkylation sites (N-methyl/N-ethyl adjacent to an activating group) is 1. The first-order valence-corrected chi connectivity index (χ1v) is 11.5. The van der Waals surface area contributed by atoms with Gasteiger partial charge >= 0.3 is 12.4 Å². The maximum absolute atomic E-state index is 13.0. The number of hydrogen-bond acceptors (Lipinski definition) is 4. The normalized spacial score (nSPS) is 16.8. The van der Waals surface area contributed by atoms with Gasteiger partial charge in [0, 0.05) is 39.3 Å². The highest BCUT2D eigenvalue weighted by molar-refractivity contribution is 7.89. The van der Waals surface area contributed by atoms with Gasteiger partial charge in [0.25, 0.3) is 0 Å². The van der Waals surface area contributed by atoms with Crippen LogP contribution in [0.3, 0.4) is 0 Å². The van der Waals surface area contributed by atoms with Crippen LogP contribution in [0.4, 0.5) is 26.3 Å². The maximum Gasteiger partial charge on any atom is 0.416 e. The van der Waals surface area contributed by atoms with Crippen LogP contribution in [-0.4, -0.2) is 50.8 Å². The van der Waals surface area contributed by atoms with Crippen molar-refractivity contribution in [1.29, 1.82) is 0 Å². The lowest BCUT2D eigenvalue weighted by Crippen LogP contribution is -2.46. The fraction of sp³-hybridized carbons (Fsp3) is 0.429. The summed E-state index contributed by atoms with van der Waals surface area (Å²) in [5.41, 5.74) is -2.26. The molecule has 0 unspecified atom stereocenters. The number of piperazine rings is 1. The van der Waals surface area contributed by atoms with Crippen LogP contribution in [0.15, 0.2) is 47.4 Å². The van der Waals surface area contributed by atoms with Gasteiger partial charge in [-0.1, -0.05) is 12.1 Å². The van der Waals surface area contributed by atoms with E-state index in [1.807, 2.05) is 11.9 Å². The molecule has 33 heavy (non-hydrogen) atoms. The summed E-state index contributed by atoms with van der Waals surface area (Å²) in [5.74, 6) is 0. The molecule has 3 rings (SSSR count). The SMILES string of the molecule is CN1CCN(S(=O)(=O)c2ccc(CNCc3cc(C(F)(F)F)cc(C(F)(F)F)c3)cc2)CC1. The molecule has 0 atom stereocenters. The smallest absolute Gasteiger partial charge is 0.309 e. The van der Waals surface area contributed by atoms with Crippen LogP contribution in [0, 0.1) is 0 Å². The van der Waals surface area contributed by atoms with Gasteiger partial charge in [-0.25, -0.2) is 8.42 Å². The lowest BCUT2D eigenvalue weighted by atomic mass is 10.0. The molecular formula is C21H23F6N3O2S. The molecule has 182 valence electrons. The van der Waals surface area contributed by atoms with Gasteiger partial charge in [0.15, 0.2) is 0 Å². The van der Waals surface area contributed by atoms with Crippen LogP contribution < -0.4 is 5.32 Å². The number of hydrogen-bond donors (Lipinski definition) is 1. The van der Waals surface area contributed by atoms with E-state index in [0.29, 0.717) is 43.9 Å². The van der Waals surface area contributed by atoms with Gasteiger partial charge in [0.1, 0.15) is 0 Å². The van der Waals surface area contributed by atoms with E-state index in [2.05, 4.69) is 5.32 Å². The molecule has 5 nitrogen and oxygen atoms in total. The Bertz CT molecular complexity index is 1030. The van der Waals surface area contributed by atoms with E-state index in [4.69, 9.17) is 0 Å². The van der Waals surface area contributed by atoms with E-state index in [-0.39, 0.29) is 29.6 Å². The molecule has 0 radical (unpaired) electrons. The van der Waals surface area contributed by atoms with Crippen molar-refractivity contribution in [1.82, 2.24) is 14.5 Å². The summed E-state index contributed by atoms with van der Waals surface area (Å²) in [6.07, 6.45) is -9.80. The number of nitrogens with one attached hydrogen (secondary N) is 1. The lowest BCUT2D eigenvalue weighted by molar-refractivity contribution is -0.143. The number of benzene rings is 2. The first-order chi connectivity index (χ1) is 15.3. The van der Waals surface area contributed by atoms with E-state index in [1.54, 1.807) is 12.1 Å². The molecule has 1 aliphatic heterocycles. The highest BCUT2D eigenvalue weighted by Gasteiger charge is 2.36. The molecule has 1 aliphatic rings. The Hall–Kier alpha value is -2.15. The van der Waals surface area contributed by atoms with Crippen LogP contribution in [-0.2, 0) is 35.5 Å². The van der Waals surface area contributed by atoms with Gasteiger partial charge in [0.2, 0.25) is 10.0 Å². The molecule has 1 saturated heterocycles. The van der Waals surface area contributed by atoms with Crippen molar-refractivity contribution in [3.63, 3.8) is 0 Å². The molecule has 0 bridgehead atoms. The van der Waals surface area contributed by atoms with Crippen molar-refractivity contribution in [2.45, 2.75) is 30.3 Å². The molecule has 0 saturated carbocycles. The third-order valence-electron chi connectivity index (χ3n) is 5.33. The Morgan fingerprint density at radius 3 is 1.76 bits per heavy atom. The number of sulfonamides is 1. The van der Waals surface area contributed by atoms with Gasteiger partial charge in [-0.3, -0.25) is 0 Å². The van der Waals surface area contributed by atoms with Crippen molar-refractivity contribution in [2.24, 2.45) is 0 Å². The largest absolute Gasteiger partial charge is 0.416 e. The fourth-order valence-corrected chi connectivity index (χ4v) is 4.85. The van der Waals surface area contributed by atoms with E-state index < -0.39 is 33.5 Å². The first-order valence-electron chi connectivity index (χ1n) is 10.0. The fourth-order valence-electron chi connectivity index (χ4n) is 3.43. The summed E-state index contributed by atoms with van der Waals surface area (Å²) in [4.78, 5) is 2.16. The number of rotatable bonds is 6. The highest BCUT2D eigenvalue weighted by Crippen LogP contribution is 2.36. The van der Waals surface area contributed by atoms with Gasteiger partial charge in [0.05, 0.1) is 16.0 Å². The minimum absolute atomic E-state index is 0.0863. The van der Waals surface area contributed by atoms with E-state index in [1.165, 1.54) is 16.4 Å². The van der Waals surface area contributed by atoms with Crippen LogP contribution in [0.25, 0.3) is 0 Å². The third-order valence-corrected chi connectivity index (χ3v) is 7.24. The molecule has 12 heteroatoms. The Balaban J connectivity index is 1.65. The Morgan fingerprint density at radius 1 is 0.788 bits per heavy atom. The van der Waals surface area contributed by atoms with Gasteiger partial charge < -0.3 is 10.2 Å². The van der Waals surface area contributed by atoms with Gasteiger partial charge in [-0.05, 0) is 48.5 Å². The van der Waals surface area contributed by atoms with E-state index >= 15 is 0 Å². The molecule has 0 aromatic heterocycles. The zero-order chi connectivity index (χ0) is 24.4. The maximum atomic E-state index is 13.0. The monoisotopic (exact) mass is 495 g/mol. The van der Waals surface area contributed by atoms with Gasteiger partial charge in [-0.2, -0.15) is 30.6 Å². The second-order valence-corrected chi connectivity index (χ2v) is 9.81. The van der Waals surface area contributed by atoms with Crippen LogP contribution in [0.1, 0.15) is 22.3 Å². The first kappa shape index (κ1) is 25.5. The highest BCUT2D eigenvalue weighted by atomic mass is 32.2. The zero-order valence-corrected chi connectivity index (χ0v) is 18.5. The standard InChI is InChI=1S/C21H23F6N3O2S/c1-29-6-8-30(9-7-29)33(31,32)19-4-2-15(3-5-19)13-28-14-16-10-17(20(22,23)24)12-18(11-16)21(25,26)27/h2-5,10-12,28H,6-9,13-14H2,1H3. The van der Waals surface area contributed by atoms with Crippen LogP contribution >= 0.6 is 0 Å². The average molecular weight is 495 g/mol. The topological polar surface area (TPSA) is 52.7 Å². The number of nitrogens with zero attached hydrogens (tertiary/aromatic N) is 2. The quantitative estimate of drug-likeness (QED) is 0.617. The summed E-state index contributed by atoms with van der Waals surface area (Å²) < 4.78 is 105. The Morgan fingerprint density at radius 2 is 1.27 bits per heavy atom. The summed E-state index contributed by atoms with van der Waals surface area (Å²) >= 11 is 0. The molecule has 0 spiro atoms. The number of alkyl halides is 6. The van der Waals surface area contributed by atoms with Crippen molar-refractivity contribution >= 4 is 10.0 Å². The minimum atomic E-state index is -4.90. The third kappa shape index (κ3) is 6.46. The van der Waals surface area contributed by atoms with E-state index in [9.17, 15) is 34.8 Å². The van der Waals surface area contributed by atoms with Crippen molar-refractivity contribution in [2.75, 3.05) is 33.2 Å². The van der Waals surface area contributed by atoms with Crippen molar-refractivity contribution < 1.29 is 34.8 Å². The van der Waals surface area contributed by atoms with Crippen molar-refractivity contribution in [3.8, 4) is 0 Å². The summed E-state index contributed by atoms with van der Waals surface area (Å²) in [5, 5.41) is 2.80. The number of halogens is 6. The molecule has 1 fully saturated rings.